The smallest absolute Gasteiger partial charge is 0.325 e. The van der Waals surface area contributed by atoms with Gasteiger partial charge in [-0.1, -0.05) is 18.2 Å². The minimum atomic E-state index is -3.29. The maximum Gasteiger partial charge on any atom is 0.325 e. The van der Waals surface area contributed by atoms with Gasteiger partial charge in [-0.05, 0) is 37.6 Å². The predicted molar refractivity (Wildman–Crippen MR) is 96.8 cm³/mol. The fraction of sp³-hybridized carbons (Fsp3) is 0.444. The van der Waals surface area contributed by atoms with E-state index >= 15 is 0 Å². The number of carboxylic acid groups (broad SMARTS) is 1. The fourth-order valence-electron chi connectivity index (χ4n) is 3.44. The van der Waals surface area contributed by atoms with E-state index in [9.17, 15) is 13.2 Å². The Hall–Kier alpha value is -2.19. The molecular formula is C18H23N3O4S. The van der Waals surface area contributed by atoms with Crippen molar-refractivity contribution in [3.63, 3.8) is 0 Å². The molecule has 1 aromatic carbocycles. The molecule has 2 aromatic rings. The van der Waals surface area contributed by atoms with E-state index in [2.05, 4.69) is 10.00 Å². The number of likely N-dealkylation sites (tertiary alicyclic amines) is 1. The third-order valence-corrected chi connectivity index (χ3v) is 6.45. The van der Waals surface area contributed by atoms with Crippen LogP contribution in [0.4, 0.5) is 0 Å². The van der Waals surface area contributed by atoms with Gasteiger partial charge in [-0.3, -0.25) is 9.48 Å². The van der Waals surface area contributed by atoms with Gasteiger partial charge in [0.1, 0.15) is 6.54 Å². The molecule has 1 aromatic heterocycles. The molecule has 0 bridgehead atoms. The Kier molecular flexibility index (Phi) is 5.73. The molecule has 140 valence electrons. The molecule has 1 aliphatic rings. The second kappa shape index (κ2) is 8.01. The number of aliphatic carboxylic acids is 1. The zero-order chi connectivity index (χ0) is 18.6. The Morgan fingerprint density at radius 1 is 1.23 bits per heavy atom. The summed E-state index contributed by atoms with van der Waals surface area (Å²) in [6.07, 6.45) is 3.53. The number of benzene rings is 1. The molecule has 1 saturated heterocycles. The lowest BCUT2D eigenvalue weighted by Gasteiger charge is -2.32. The Balaban J connectivity index is 1.63. The molecule has 1 aliphatic heterocycles. The van der Waals surface area contributed by atoms with E-state index in [1.165, 1.54) is 4.68 Å². The fourth-order valence-corrected chi connectivity index (χ4v) is 4.75. The van der Waals surface area contributed by atoms with Gasteiger partial charge >= 0.3 is 5.97 Å². The van der Waals surface area contributed by atoms with Crippen LogP contribution in [0.2, 0.25) is 0 Å². The normalized spacial score (nSPS) is 18.7. The van der Waals surface area contributed by atoms with Gasteiger partial charge in [-0.25, -0.2) is 8.42 Å². The molecule has 7 nitrogen and oxygen atoms in total. The van der Waals surface area contributed by atoms with E-state index in [1.807, 2.05) is 6.07 Å². The van der Waals surface area contributed by atoms with Crippen LogP contribution in [0.3, 0.4) is 0 Å². The van der Waals surface area contributed by atoms with Crippen LogP contribution in [0, 0.1) is 0 Å². The predicted octanol–water partition coefficient (Wildman–Crippen LogP) is 1.62. The number of nitrogens with zero attached hydrogens (tertiary/aromatic N) is 3. The van der Waals surface area contributed by atoms with Crippen molar-refractivity contribution in [1.82, 2.24) is 14.7 Å². The van der Waals surface area contributed by atoms with Gasteiger partial charge in [0, 0.05) is 30.9 Å². The van der Waals surface area contributed by atoms with Crippen molar-refractivity contribution in [2.75, 3.05) is 25.4 Å². The van der Waals surface area contributed by atoms with Crippen molar-refractivity contribution in [2.45, 2.75) is 30.2 Å². The van der Waals surface area contributed by atoms with E-state index in [4.69, 9.17) is 5.11 Å². The van der Waals surface area contributed by atoms with Gasteiger partial charge < -0.3 is 10.0 Å². The molecule has 2 heterocycles. The third kappa shape index (κ3) is 4.50. The molecular weight excluding hydrogens is 354 g/mol. The highest BCUT2D eigenvalue weighted by atomic mass is 32.2. The molecule has 0 unspecified atom stereocenters. The van der Waals surface area contributed by atoms with Gasteiger partial charge in [0.15, 0.2) is 9.84 Å². The Labute approximate surface area is 153 Å². The van der Waals surface area contributed by atoms with E-state index in [1.54, 1.807) is 36.5 Å². The second-order valence-electron chi connectivity index (χ2n) is 6.58. The summed E-state index contributed by atoms with van der Waals surface area (Å²) in [5.41, 5.74) is 0.906. The number of piperidine rings is 1. The van der Waals surface area contributed by atoms with Crippen LogP contribution in [0.15, 0.2) is 47.5 Å². The van der Waals surface area contributed by atoms with Crippen molar-refractivity contribution in [3.8, 4) is 0 Å². The summed E-state index contributed by atoms with van der Waals surface area (Å²) in [7, 11) is -3.29. The summed E-state index contributed by atoms with van der Waals surface area (Å²) < 4.78 is 26.4. The molecule has 0 saturated carbocycles. The van der Waals surface area contributed by atoms with E-state index in [0.717, 1.165) is 31.6 Å². The van der Waals surface area contributed by atoms with Crippen LogP contribution < -0.4 is 0 Å². The first-order chi connectivity index (χ1) is 12.5. The van der Waals surface area contributed by atoms with Crippen LogP contribution in [0.25, 0.3) is 0 Å². The molecule has 1 N–H and O–H groups in total. The number of hydrogen-bond donors (Lipinski definition) is 1. The zero-order valence-electron chi connectivity index (χ0n) is 14.5. The number of aromatic nitrogens is 2. The summed E-state index contributed by atoms with van der Waals surface area (Å²) in [5.74, 6) is -0.667. The summed E-state index contributed by atoms with van der Waals surface area (Å²) in [6, 6.07) is 10.4. The quantitative estimate of drug-likeness (QED) is 0.788. The van der Waals surface area contributed by atoms with Crippen molar-refractivity contribution in [1.29, 1.82) is 0 Å². The summed E-state index contributed by atoms with van der Waals surface area (Å²) in [5, 5.41) is 13.1. The standard InChI is InChI=1S/C18H23N3O4S/c22-18(23)14-21-17(8-9-19-21)15-5-4-10-20(13-15)11-12-26(24,25)16-6-2-1-3-7-16/h1-3,6-9,15H,4-5,10-14H2,(H,22,23)/t15-/m0/s1. The zero-order valence-corrected chi connectivity index (χ0v) is 15.3. The van der Waals surface area contributed by atoms with Gasteiger partial charge in [0.2, 0.25) is 0 Å². The van der Waals surface area contributed by atoms with Crippen molar-refractivity contribution in [2.24, 2.45) is 0 Å². The second-order valence-corrected chi connectivity index (χ2v) is 8.69. The largest absolute Gasteiger partial charge is 0.480 e. The maximum atomic E-state index is 12.5. The van der Waals surface area contributed by atoms with Crippen LogP contribution in [-0.4, -0.2) is 59.6 Å². The van der Waals surface area contributed by atoms with E-state index < -0.39 is 15.8 Å². The van der Waals surface area contributed by atoms with Gasteiger partial charge in [0.25, 0.3) is 0 Å². The summed E-state index contributed by atoms with van der Waals surface area (Å²) >= 11 is 0. The molecule has 1 fully saturated rings. The molecule has 3 rings (SSSR count). The topological polar surface area (TPSA) is 92.5 Å². The number of carboxylic acids is 1. The highest BCUT2D eigenvalue weighted by Gasteiger charge is 2.25. The Morgan fingerprint density at radius 3 is 2.73 bits per heavy atom. The Morgan fingerprint density at radius 2 is 2.00 bits per heavy atom. The molecule has 26 heavy (non-hydrogen) atoms. The van der Waals surface area contributed by atoms with Crippen molar-refractivity contribution >= 4 is 15.8 Å². The molecule has 0 radical (unpaired) electrons. The Bertz CT molecular complexity index is 848. The van der Waals surface area contributed by atoms with Gasteiger partial charge in [-0.15, -0.1) is 0 Å². The lowest BCUT2D eigenvalue weighted by Crippen LogP contribution is -2.38. The van der Waals surface area contributed by atoms with Crippen molar-refractivity contribution in [3.05, 3.63) is 48.3 Å². The number of hydrogen-bond acceptors (Lipinski definition) is 5. The van der Waals surface area contributed by atoms with Gasteiger partial charge in [0.05, 0.1) is 10.6 Å². The molecule has 1 atom stereocenters. The lowest BCUT2D eigenvalue weighted by atomic mass is 9.94. The molecule has 8 heteroatoms. The first kappa shape index (κ1) is 18.6. The highest BCUT2D eigenvalue weighted by Crippen LogP contribution is 2.27. The van der Waals surface area contributed by atoms with Crippen LogP contribution in [0.5, 0.6) is 0 Å². The van der Waals surface area contributed by atoms with Crippen LogP contribution in [-0.2, 0) is 21.2 Å². The van der Waals surface area contributed by atoms with Crippen LogP contribution in [0.1, 0.15) is 24.5 Å². The minimum Gasteiger partial charge on any atom is -0.480 e. The molecule has 0 aliphatic carbocycles. The highest BCUT2D eigenvalue weighted by molar-refractivity contribution is 7.91. The first-order valence-corrected chi connectivity index (χ1v) is 10.3. The third-order valence-electron chi connectivity index (χ3n) is 4.74. The average molecular weight is 377 g/mol. The van der Waals surface area contributed by atoms with E-state index in [0.29, 0.717) is 11.4 Å². The number of carbonyl (C=O) groups is 1. The van der Waals surface area contributed by atoms with Gasteiger partial charge in [-0.2, -0.15) is 5.10 Å². The summed E-state index contributed by atoms with van der Waals surface area (Å²) in [6.45, 7) is 1.89. The van der Waals surface area contributed by atoms with Crippen molar-refractivity contribution < 1.29 is 18.3 Å². The van der Waals surface area contributed by atoms with E-state index in [-0.39, 0.29) is 18.2 Å². The average Bonchev–Trinajstić information content (AvgIpc) is 3.08. The lowest BCUT2D eigenvalue weighted by molar-refractivity contribution is -0.137. The SMILES string of the molecule is O=C(O)Cn1nccc1[C@H]1CCCN(CCS(=O)(=O)c2ccccc2)C1. The molecule has 0 spiro atoms. The number of rotatable bonds is 7. The minimum absolute atomic E-state index is 0.0815. The number of sulfone groups is 1. The monoisotopic (exact) mass is 377 g/mol. The van der Waals surface area contributed by atoms with Crippen LogP contribution >= 0.6 is 0 Å². The maximum absolute atomic E-state index is 12.5. The molecule has 0 amide bonds. The summed E-state index contributed by atoms with van der Waals surface area (Å²) in [4.78, 5) is 13.5. The first-order valence-electron chi connectivity index (χ1n) is 8.69.